The van der Waals surface area contributed by atoms with Crippen LogP contribution < -0.4 is 5.32 Å². The summed E-state index contributed by atoms with van der Waals surface area (Å²) < 4.78 is 19.3. The van der Waals surface area contributed by atoms with E-state index in [0.717, 1.165) is 17.4 Å². The molecule has 96 valence electrons. The molecule has 0 aliphatic heterocycles. The van der Waals surface area contributed by atoms with Gasteiger partial charge in [0, 0.05) is 23.2 Å². The third-order valence-electron chi connectivity index (χ3n) is 2.20. The molecular formula is C12H17BrFNO2. The molecule has 0 aliphatic rings. The molecule has 0 bridgehead atoms. The first-order chi connectivity index (χ1) is 8.24. The Hall–Kier alpha value is -0.490. The van der Waals surface area contributed by atoms with Crippen LogP contribution in [0.25, 0.3) is 0 Å². The number of aliphatic hydroxyl groups excluding tert-OH is 1. The average molecular weight is 306 g/mol. The van der Waals surface area contributed by atoms with Gasteiger partial charge >= 0.3 is 0 Å². The van der Waals surface area contributed by atoms with Crippen LogP contribution in [-0.4, -0.2) is 31.5 Å². The molecule has 1 aromatic rings. The van der Waals surface area contributed by atoms with Gasteiger partial charge in [-0.15, -0.1) is 0 Å². The summed E-state index contributed by atoms with van der Waals surface area (Å²) in [4.78, 5) is 0. The molecule has 0 saturated carbocycles. The van der Waals surface area contributed by atoms with E-state index < -0.39 is 0 Å². The molecule has 5 heteroatoms. The minimum Gasteiger partial charge on any atom is -0.394 e. The maximum Gasteiger partial charge on any atom is 0.127 e. The van der Waals surface area contributed by atoms with Crippen LogP contribution in [0.15, 0.2) is 22.7 Å². The average Bonchev–Trinajstić information content (AvgIpc) is 2.32. The molecular weight excluding hydrogens is 289 g/mol. The molecule has 0 heterocycles. The van der Waals surface area contributed by atoms with Crippen LogP contribution in [0.4, 0.5) is 4.39 Å². The normalized spacial score (nSPS) is 10.8. The van der Waals surface area contributed by atoms with E-state index in [9.17, 15) is 4.39 Å². The van der Waals surface area contributed by atoms with Crippen molar-refractivity contribution in [1.29, 1.82) is 0 Å². The number of rotatable bonds is 8. The summed E-state index contributed by atoms with van der Waals surface area (Å²) in [5, 5.41) is 11.6. The van der Waals surface area contributed by atoms with Crippen LogP contribution in [0.1, 0.15) is 12.0 Å². The second-order valence-corrected chi connectivity index (χ2v) is 4.52. The first-order valence-electron chi connectivity index (χ1n) is 5.57. The van der Waals surface area contributed by atoms with Crippen molar-refractivity contribution in [3.63, 3.8) is 0 Å². The zero-order valence-electron chi connectivity index (χ0n) is 9.59. The lowest BCUT2D eigenvalue weighted by molar-refractivity contribution is 0.0907. The Kier molecular flexibility index (Phi) is 7.35. The van der Waals surface area contributed by atoms with Crippen LogP contribution in [-0.2, 0) is 11.3 Å². The molecule has 0 unspecified atom stereocenters. The van der Waals surface area contributed by atoms with Crippen LogP contribution >= 0.6 is 15.9 Å². The van der Waals surface area contributed by atoms with Crippen molar-refractivity contribution in [1.82, 2.24) is 5.32 Å². The molecule has 0 amide bonds. The van der Waals surface area contributed by atoms with Crippen molar-refractivity contribution in [3.05, 3.63) is 34.1 Å². The minimum absolute atomic E-state index is 0.0523. The Morgan fingerprint density at radius 2 is 2.18 bits per heavy atom. The predicted molar refractivity (Wildman–Crippen MR) is 68.3 cm³/mol. The number of halogens is 2. The van der Waals surface area contributed by atoms with Crippen molar-refractivity contribution >= 4 is 15.9 Å². The Bertz CT molecular complexity index is 336. The van der Waals surface area contributed by atoms with E-state index in [4.69, 9.17) is 9.84 Å². The highest BCUT2D eigenvalue weighted by atomic mass is 79.9. The van der Waals surface area contributed by atoms with Crippen molar-refractivity contribution in [2.75, 3.05) is 26.4 Å². The van der Waals surface area contributed by atoms with Gasteiger partial charge < -0.3 is 15.2 Å². The fraction of sp³-hybridized carbons (Fsp3) is 0.500. The topological polar surface area (TPSA) is 41.5 Å². The molecule has 0 saturated heterocycles. The number of benzene rings is 1. The Labute approximate surface area is 109 Å². The highest BCUT2D eigenvalue weighted by Crippen LogP contribution is 2.15. The van der Waals surface area contributed by atoms with Gasteiger partial charge in [0.1, 0.15) is 5.82 Å². The van der Waals surface area contributed by atoms with Gasteiger partial charge in [-0.05, 0) is 31.2 Å². The third kappa shape index (κ3) is 6.12. The number of aliphatic hydroxyl groups is 1. The molecule has 1 rings (SSSR count). The lowest BCUT2D eigenvalue weighted by atomic mass is 10.2. The predicted octanol–water partition coefficient (Wildman–Crippen LogP) is 2.08. The smallest absolute Gasteiger partial charge is 0.127 e. The third-order valence-corrected chi connectivity index (χ3v) is 2.69. The summed E-state index contributed by atoms with van der Waals surface area (Å²) in [7, 11) is 0. The Balaban J connectivity index is 2.15. The molecule has 17 heavy (non-hydrogen) atoms. The van der Waals surface area contributed by atoms with Crippen LogP contribution in [0, 0.1) is 5.82 Å². The Morgan fingerprint density at radius 3 is 2.94 bits per heavy atom. The van der Waals surface area contributed by atoms with Gasteiger partial charge in [0.25, 0.3) is 0 Å². The fourth-order valence-corrected chi connectivity index (χ4v) is 1.78. The van der Waals surface area contributed by atoms with E-state index in [2.05, 4.69) is 21.2 Å². The van der Waals surface area contributed by atoms with Crippen LogP contribution in [0.2, 0.25) is 0 Å². The molecule has 0 atom stereocenters. The standard InChI is InChI=1S/C12H17BrFNO2/c13-11-2-3-12(14)10(8-11)9-15-4-1-6-17-7-5-16/h2-3,8,15-16H,1,4-7,9H2. The van der Waals surface area contributed by atoms with E-state index in [1.807, 2.05) is 0 Å². The fourth-order valence-electron chi connectivity index (χ4n) is 1.37. The highest BCUT2D eigenvalue weighted by molar-refractivity contribution is 9.10. The molecule has 1 aromatic carbocycles. The van der Waals surface area contributed by atoms with Gasteiger partial charge in [-0.25, -0.2) is 4.39 Å². The van der Waals surface area contributed by atoms with Crippen molar-refractivity contribution < 1.29 is 14.2 Å². The minimum atomic E-state index is -0.197. The summed E-state index contributed by atoms with van der Waals surface area (Å²) in [6, 6.07) is 4.90. The van der Waals surface area contributed by atoms with Crippen molar-refractivity contribution in [2.45, 2.75) is 13.0 Å². The van der Waals surface area contributed by atoms with E-state index >= 15 is 0 Å². The van der Waals surface area contributed by atoms with Crippen LogP contribution in [0.5, 0.6) is 0 Å². The van der Waals surface area contributed by atoms with Crippen molar-refractivity contribution in [2.24, 2.45) is 0 Å². The zero-order chi connectivity index (χ0) is 12.5. The van der Waals surface area contributed by atoms with Crippen LogP contribution in [0.3, 0.4) is 0 Å². The number of hydrogen-bond acceptors (Lipinski definition) is 3. The monoisotopic (exact) mass is 305 g/mol. The molecule has 0 spiro atoms. The van der Waals surface area contributed by atoms with Gasteiger partial charge in [-0.3, -0.25) is 0 Å². The molecule has 0 aliphatic carbocycles. The summed E-state index contributed by atoms with van der Waals surface area (Å²) in [6.45, 7) is 2.30. The summed E-state index contributed by atoms with van der Waals surface area (Å²) >= 11 is 3.31. The number of hydrogen-bond donors (Lipinski definition) is 2. The molecule has 3 nitrogen and oxygen atoms in total. The zero-order valence-corrected chi connectivity index (χ0v) is 11.2. The van der Waals surface area contributed by atoms with Gasteiger partial charge in [-0.2, -0.15) is 0 Å². The molecule has 0 radical (unpaired) electrons. The van der Waals surface area contributed by atoms with Gasteiger partial charge in [-0.1, -0.05) is 15.9 Å². The van der Waals surface area contributed by atoms with E-state index in [1.54, 1.807) is 12.1 Å². The van der Waals surface area contributed by atoms with Gasteiger partial charge in [0.05, 0.1) is 13.2 Å². The maximum atomic E-state index is 13.3. The number of nitrogens with one attached hydrogen (secondary N) is 1. The molecule has 0 aromatic heterocycles. The molecule has 2 N–H and O–H groups in total. The molecule has 0 fully saturated rings. The van der Waals surface area contributed by atoms with Gasteiger partial charge in [0.2, 0.25) is 0 Å². The number of ether oxygens (including phenoxy) is 1. The van der Waals surface area contributed by atoms with Crippen molar-refractivity contribution in [3.8, 4) is 0 Å². The first-order valence-corrected chi connectivity index (χ1v) is 6.36. The summed E-state index contributed by atoms with van der Waals surface area (Å²) in [5.41, 5.74) is 0.649. The lowest BCUT2D eigenvalue weighted by Crippen LogP contribution is -2.17. The maximum absolute atomic E-state index is 13.3. The lowest BCUT2D eigenvalue weighted by Gasteiger charge is -2.07. The van der Waals surface area contributed by atoms with Gasteiger partial charge in [0.15, 0.2) is 0 Å². The SMILES string of the molecule is OCCOCCCNCc1cc(Br)ccc1F. The highest BCUT2D eigenvalue weighted by Gasteiger charge is 2.01. The quantitative estimate of drug-likeness (QED) is 0.723. The first kappa shape index (κ1) is 14.6. The van der Waals surface area contributed by atoms with E-state index in [-0.39, 0.29) is 12.4 Å². The second kappa shape index (κ2) is 8.58. The summed E-state index contributed by atoms with van der Waals surface area (Å²) in [5.74, 6) is -0.197. The largest absolute Gasteiger partial charge is 0.394 e. The Morgan fingerprint density at radius 1 is 1.35 bits per heavy atom. The summed E-state index contributed by atoms with van der Waals surface area (Å²) in [6.07, 6.45) is 0.843. The van der Waals surface area contributed by atoms with E-state index in [0.29, 0.717) is 25.3 Å². The van der Waals surface area contributed by atoms with E-state index in [1.165, 1.54) is 6.07 Å². The second-order valence-electron chi connectivity index (χ2n) is 3.60.